The Balaban J connectivity index is 2.02. The van der Waals surface area contributed by atoms with Gasteiger partial charge in [0.2, 0.25) is 0 Å². The minimum Gasteiger partial charge on any atom is -0.479 e. The molecule has 0 spiro atoms. The van der Waals surface area contributed by atoms with Crippen molar-refractivity contribution >= 4 is 11.9 Å². The Morgan fingerprint density at radius 2 is 2.00 bits per heavy atom. The second kappa shape index (κ2) is 5.67. The molecule has 1 atom stereocenters. The normalized spacial score (nSPS) is 13.4. The van der Waals surface area contributed by atoms with E-state index in [2.05, 4.69) is 20.8 Å². The van der Waals surface area contributed by atoms with Crippen molar-refractivity contribution in [2.75, 3.05) is 6.54 Å². The Bertz CT molecular complexity index is 636. The number of aromatic nitrogens is 4. The zero-order chi connectivity index (χ0) is 15.5. The Labute approximate surface area is 119 Å². The Hall–Kier alpha value is -2.81. The van der Waals surface area contributed by atoms with Gasteiger partial charge in [-0.1, -0.05) is 0 Å². The molecule has 0 aliphatic carbocycles. The van der Waals surface area contributed by atoms with Gasteiger partial charge in [0.05, 0.1) is 12.2 Å². The molecule has 1 unspecified atom stereocenters. The zero-order valence-corrected chi connectivity index (χ0v) is 11.1. The van der Waals surface area contributed by atoms with Gasteiger partial charge in [-0.25, -0.2) is 9.48 Å². The average molecular weight is 291 g/mol. The number of amides is 1. The first-order valence-electron chi connectivity index (χ1n) is 5.97. The maximum absolute atomic E-state index is 11.8. The van der Waals surface area contributed by atoms with Crippen molar-refractivity contribution in [3.63, 3.8) is 0 Å². The molecule has 0 aliphatic heterocycles. The van der Waals surface area contributed by atoms with Crippen LogP contribution in [0.3, 0.4) is 0 Å². The fourth-order valence-electron chi connectivity index (χ4n) is 1.48. The van der Waals surface area contributed by atoms with E-state index in [1.165, 1.54) is 11.0 Å². The summed E-state index contributed by atoms with van der Waals surface area (Å²) in [5.41, 5.74) is -1.01. The molecule has 1 aromatic heterocycles. The molecule has 1 aromatic carbocycles. The van der Waals surface area contributed by atoms with Gasteiger partial charge < -0.3 is 15.5 Å². The van der Waals surface area contributed by atoms with Crippen LogP contribution in [-0.4, -0.2) is 54.4 Å². The van der Waals surface area contributed by atoms with Crippen LogP contribution in [-0.2, 0) is 4.79 Å². The number of rotatable bonds is 5. The van der Waals surface area contributed by atoms with Gasteiger partial charge in [-0.2, -0.15) is 0 Å². The van der Waals surface area contributed by atoms with E-state index >= 15 is 0 Å². The molecule has 9 nitrogen and oxygen atoms in total. The molecule has 0 aliphatic rings. The van der Waals surface area contributed by atoms with E-state index in [0.717, 1.165) is 6.92 Å². The number of carbonyl (C=O) groups excluding carboxylic acids is 1. The molecule has 0 fully saturated rings. The summed E-state index contributed by atoms with van der Waals surface area (Å²) in [6.45, 7) is 0.715. The third-order valence-corrected chi connectivity index (χ3v) is 2.80. The number of nitrogens with zero attached hydrogens (tertiary/aromatic N) is 4. The summed E-state index contributed by atoms with van der Waals surface area (Å²) in [5, 5.41) is 31.3. The monoisotopic (exact) mass is 291 g/mol. The fraction of sp³-hybridized carbons (Fsp3) is 0.250. The molecule has 0 bridgehead atoms. The van der Waals surface area contributed by atoms with Crippen LogP contribution in [0.4, 0.5) is 0 Å². The SMILES string of the molecule is CC(O)(CNC(=O)c1ccc(-n2cnnn2)cc1)C(=O)O. The van der Waals surface area contributed by atoms with E-state index in [0.29, 0.717) is 11.3 Å². The van der Waals surface area contributed by atoms with Crippen molar-refractivity contribution in [2.45, 2.75) is 12.5 Å². The van der Waals surface area contributed by atoms with Crippen LogP contribution in [0.5, 0.6) is 0 Å². The number of carbonyl (C=O) groups is 2. The molecular formula is C12H13N5O4. The molecule has 1 amide bonds. The van der Waals surface area contributed by atoms with Gasteiger partial charge in [0, 0.05) is 5.56 Å². The summed E-state index contributed by atoms with van der Waals surface area (Å²) in [5.74, 6) is -1.89. The number of aliphatic hydroxyl groups is 1. The predicted molar refractivity (Wildman–Crippen MR) is 69.7 cm³/mol. The van der Waals surface area contributed by atoms with Crippen molar-refractivity contribution < 1.29 is 19.8 Å². The molecule has 1 heterocycles. The maximum atomic E-state index is 11.8. The van der Waals surface area contributed by atoms with Crippen LogP contribution >= 0.6 is 0 Å². The lowest BCUT2D eigenvalue weighted by atomic mass is 10.1. The second-order valence-corrected chi connectivity index (χ2v) is 4.56. The number of benzene rings is 1. The molecule has 110 valence electrons. The van der Waals surface area contributed by atoms with E-state index in [-0.39, 0.29) is 0 Å². The smallest absolute Gasteiger partial charge is 0.337 e. The average Bonchev–Trinajstić information content (AvgIpc) is 2.99. The molecule has 0 saturated heterocycles. The van der Waals surface area contributed by atoms with Gasteiger partial charge in [0.25, 0.3) is 5.91 Å². The second-order valence-electron chi connectivity index (χ2n) is 4.56. The van der Waals surface area contributed by atoms with Crippen LogP contribution in [0, 0.1) is 0 Å². The van der Waals surface area contributed by atoms with E-state index in [9.17, 15) is 14.7 Å². The predicted octanol–water partition coefficient (Wildman–Crippen LogP) is -0.772. The summed E-state index contributed by atoms with van der Waals surface area (Å²) >= 11 is 0. The van der Waals surface area contributed by atoms with Crippen LogP contribution < -0.4 is 5.32 Å². The lowest BCUT2D eigenvalue weighted by Gasteiger charge is -2.18. The highest BCUT2D eigenvalue weighted by Gasteiger charge is 2.30. The van der Waals surface area contributed by atoms with Crippen LogP contribution in [0.2, 0.25) is 0 Å². The van der Waals surface area contributed by atoms with Crippen LogP contribution in [0.15, 0.2) is 30.6 Å². The number of hydrogen-bond donors (Lipinski definition) is 3. The molecule has 9 heteroatoms. The van der Waals surface area contributed by atoms with Gasteiger partial charge in [0.1, 0.15) is 6.33 Å². The highest BCUT2D eigenvalue weighted by atomic mass is 16.4. The van der Waals surface area contributed by atoms with E-state index < -0.39 is 24.0 Å². The first-order valence-corrected chi connectivity index (χ1v) is 5.97. The lowest BCUT2D eigenvalue weighted by Crippen LogP contribution is -2.46. The van der Waals surface area contributed by atoms with Crippen molar-refractivity contribution in [1.82, 2.24) is 25.5 Å². The third-order valence-electron chi connectivity index (χ3n) is 2.80. The topological polar surface area (TPSA) is 130 Å². The standard InChI is InChI=1S/C12H13N5O4/c1-12(21,11(19)20)6-13-10(18)8-2-4-9(5-3-8)17-7-14-15-16-17/h2-5,7,21H,6H2,1H3,(H,13,18)(H,19,20). The fourth-order valence-corrected chi connectivity index (χ4v) is 1.48. The maximum Gasteiger partial charge on any atom is 0.337 e. The highest BCUT2D eigenvalue weighted by molar-refractivity contribution is 5.94. The van der Waals surface area contributed by atoms with Gasteiger partial charge in [0.15, 0.2) is 5.60 Å². The molecule has 0 saturated carbocycles. The number of nitrogens with one attached hydrogen (secondary N) is 1. The van der Waals surface area contributed by atoms with Crippen molar-refractivity contribution in [3.05, 3.63) is 36.2 Å². The van der Waals surface area contributed by atoms with Gasteiger partial charge in [-0.3, -0.25) is 4.79 Å². The molecule has 3 N–H and O–H groups in total. The number of tetrazole rings is 1. The number of aliphatic carboxylic acids is 1. The molecular weight excluding hydrogens is 278 g/mol. The Morgan fingerprint density at radius 1 is 1.33 bits per heavy atom. The molecule has 2 rings (SSSR count). The van der Waals surface area contributed by atoms with Crippen molar-refractivity contribution in [2.24, 2.45) is 0 Å². The number of carboxylic acid groups (broad SMARTS) is 1. The minimum absolute atomic E-state index is 0.327. The highest BCUT2D eigenvalue weighted by Crippen LogP contribution is 2.08. The largest absolute Gasteiger partial charge is 0.479 e. The summed E-state index contributed by atoms with van der Waals surface area (Å²) in [7, 11) is 0. The summed E-state index contributed by atoms with van der Waals surface area (Å²) in [6.07, 6.45) is 1.42. The Kier molecular flexibility index (Phi) is 3.94. The number of carboxylic acids is 1. The Morgan fingerprint density at radius 3 is 2.52 bits per heavy atom. The first kappa shape index (κ1) is 14.6. The quantitative estimate of drug-likeness (QED) is 0.659. The van der Waals surface area contributed by atoms with Crippen molar-refractivity contribution in [3.8, 4) is 5.69 Å². The summed E-state index contributed by atoms with van der Waals surface area (Å²) in [4.78, 5) is 22.6. The zero-order valence-electron chi connectivity index (χ0n) is 11.1. The van der Waals surface area contributed by atoms with Crippen molar-refractivity contribution in [1.29, 1.82) is 0 Å². The van der Waals surface area contributed by atoms with Gasteiger partial charge >= 0.3 is 5.97 Å². The van der Waals surface area contributed by atoms with E-state index in [1.807, 2.05) is 0 Å². The van der Waals surface area contributed by atoms with Gasteiger partial charge in [-0.15, -0.1) is 5.10 Å². The molecule has 0 radical (unpaired) electrons. The first-order chi connectivity index (χ1) is 9.90. The lowest BCUT2D eigenvalue weighted by molar-refractivity contribution is -0.155. The van der Waals surface area contributed by atoms with Crippen LogP contribution in [0.25, 0.3) is 5.69 Å². The van der Waals surface area contributed by atoms with E-state index in [1.54, 1.807) is 24.3 Å². The summed E-state index contributed by atoms with van der Waals surface area (Å²) in [6, 6.07) is 6.37. The van der Waals surface area contributed by atoms with Crippen LogP contribution in [0.1, 0.15) is 17.3 Å². The minimum atomic E-state index is -2.01. The van der Waals surface area contributed by atoms with E-state index in [4.69, 9.17) is 5.11 Å². The summed E-state index contributed by atoms with van der Waals surface area (Å²) < 4.78 is 1.43. The molecule has 21 heavy (non-hydrogen) atoms. The third kappa shape index (κ3) is 3.39. The van der Waals surface area contributed by atoms with Gasteiger partial charge in [-0.05, 0) is 41.6 Å². The molecule has 2 aromatic rings. The number of hydrogen-bond acceptors (Lipinski definition) is 6.